The lowest BCUT2D eigenvalue weighted by Crippen LogP contribution is -2.22. The third kappa shape index (κ3) is 3.91. The largest absolute Gasteiger partial charge is 0.497 e. The molecule has 0 aliphatic carbocycles. The lowest BCUT2D eigenvalue weighted by atomic mass is 10.3. The predicted molar refractivity (Wildman–Crippen MR) is 79.1 cm³/mol. The number of rotatable bonds is 8. The zero-order valence-electron chi connectivity index (χ0n) is 12.7. The van der Waals surface area contributed by atoms with Gasteiger partial charge < -0.3 is 29.3 Å². The Morgan fingerprint density at radius 3 is 1.87 bits per heavy atom. The maximum Gasteiger partial charge on any atom is 0.331 e. The minimum absolute atomic E-state index is 0.135. The average Bonchev–Trinajstić information content (AvgIpc) is 3.33. The van der Waals surface area contributed by atoms with Gasteiger partial charge in [0.2, 0.25) is 0 Å². The zero-order chi connectivity index (χ0) is 16.8. The lowest BCUT2D eigenvalue weighted by molar-refractivity contribution is -0.148. The molecule has 0 bridgehead atoms. The van der Waals surface area contributed by atoms with Crippen LogP contribution in [0.2, 0.25) is 0 Å². The van der Waals surface area contributed by atoms with Crippen molar-refractivity contribution in [3.63, 3.8) is 0 Å². The number of carbonyl (C=O) groups excluding carboxylic acids is 2. The predicted octanol–water partition coefficient (Wildman–Crippen LogP) is -0.677. The summed E-state index contributed by atoms with van der Waals surface area (Å²) >= 11 is 0. The van der Waals surface area contributed by atoms with E-state index in [-0.39, 0.29) is 26.4 Å². The Balaban J connectivity index is 2.12. The molecule has 23 heavy (non-hydrogen) atoms. The molecular formula is C15H19NO7. The van der Waals surface area contributed by atoms with Crippen molar-refractivity contribution in [2.24, 2.45) is 0 Å². The summed E-state index contributed by atoms with van der Waals surface area (Å²) in [6.45, 7) is -0.852. The minimum Gasteiger partial charge on any atom is -0.497 e. The summed E-state index contributed by atoms with van der Waals surface area (Å²) in [4.78, 5) is 25.6. The molecule has 2 N–H and O–H groups in total. The molecule has 1 saturated heterocycles. The molecule has 1 aromatic rings. The van der Waals surface area contributed by atoms with E-state index < -0.39 is 24.0 Å². The van der Waals surface area contributed by atoms with E-state index in [1.807, 2.05) is 0 Å². The number of carbonyl (C=O) groups is 2. The van der Waals surface area contributed by atoms with Crippen LogP contribution in [0.25, 0.3) is 0 Å². The number of nitrogens with zero attached hydrogens (tertiary/aromatic N) is 1. The molecule has 0 saturated carbocycles. The first-order valence-electron chi connectivity index (χ1n) is 7.11. The molecule has 126 valence electrons. The van der Waals surface area contributed by atoms with Crippen LogP contribution < -0.4 is 9.64 Å². The first-order chi connectivity index (χ1) is 11.1. The van der Waals surface area contributed by atoms with Gasteiger partial charge in [-0.05, 0) is 24.3 Å². The highest BCUT2D eigenvalue weighted by Crippen LogP contribution is 2.37. The first kappa shape index (κ1) is 17.0. The Labute approximate surface area is 133 Å². The minimum atomic E-state index is -0.805. The number of aliphatic hydroxyl groups excluding tert-OH is 2. The van der Waals surface area contributed by atoms with Crippen LogP contribution in [-0.2, 0) is 19.1 Å². The Bertz CT molecular complexity index is 519. The fourth-order valence-corrected chi connectivity index (χ4v) is 2.25. The maximum atomic E-state index is 12.0. The molecule has 1 fully saturated rings. The van der Waals surface area contributed by atoms with Crippen molar-refractivity contribution in [1.82, 2.24) is 0 Å². The van der Waals surface area contributed by atoms with E-state index in [1.54, 1.807) is 29.2 Å². The van der Waals surface area contributed by atoms with Gasteiger partial charge in [-0.2, -0.15) is 0 Å². The van der Waals surface area contributed by atoms with Gasteiger partial charge in [-0.25, -0.2) is 9.59 Å². The molecule has 2 rings (SSSR count). The SMILES string of the molecule is COc1ccc(N2[C@H](C(=O)OCCO)[C@@H]2C(=O)OCCO)cc1. The summed E-state index contributed by atoms with van der Waals surface area (Å²) in [6.07, 6.45) is 0. The molecule has 1 aliphatic heterocycles. The summed E-state index contributed by atoms with van der Waals surface area (Å²) in [6, 6.07) is 5.23. The van der Waals surface area contributed by atoms with E-state index in [4.69, 9.17) is 24.4 Å². The number of aliphatic hydroxyl groups is 2. The van der Waals surface area contributed by atoms with Crippen molar-refractivity contribution in [3.05, 3.63) is 24.3 Å². The van der Waals surface area contributed by atoms with Crippen molar-refractivity contribution in [2.45, 2.75) is 12.1 Å². The van der Waals surface area contributed by atoms with Crippen LogP contribution in [0.4, 0.5) is 5.69 Å². The van der Waals surface area contributed by atoms with Gasteiger partial charge in [-0.3, -0.25) is 0 Å². The number of methoxy groups -OCH3 is 1. The van der Waals surface area contributed by atoms with Crippen LogP contribution in [-0.4, -0.2) is 67.8 Å². The second kappa shape index (κ2) is 7.80. The standard InChI is InChI=1S/C15H19NO7/c1-21-11-4-2-10(3-5-11)16-12(14(19)22-8-6-17)13(16)15(20)23-9-7-18/h2-5,12-13,17-18H,6-9H2,1H3/t12-,13+,16?. The summed E-state index contributed by atoms with van der Waals surface area (Å²) in [5.74, 6) is -0.573. The number of ether oxygens (including phenoxy) is 3. The molecule has 0 radical (unpaired) electrons. The monoisotopic (exact) mass is 325 g/mol. The highest BCUT2D eigenvalue weighted by atomic mass is 16.6. The normalized spacial score (nSPS) is 19.2. The van der Waals surface area contributed by atoms with Gasteiger partial charge in [0.15, 0.2) is 12.1 Å². The summed E-state index contributed by atoms with van der Waals surface area (Å²) in [5.41, 5.74) is 0.641. The van der Waals surface area contributed by atoms with Gasteiger partial charge in [-0.15, -0.1) is 0 Å². The number of benzene rings is 1. The summed E-state index contributed by atoms with van der Waals surface area (Å²) < 4.78 is 14.8. The van der Waals surface area contributed by atoms with E-state index in [0.717, 1.165) is 0 Å². The van der Waals surface area contributed by atoms with E-state index in [2.05, 4.69) is 0 Å². The number of hydrogen-bond donors (Lipinski definition) is 2. The fourth-order valence-electron chi connectivity index (χ4n) is 2.25. The van der Waals surface area contributed by atoms with Crippen LogP contribution >= 0.6 is 0 Å². The summed E-state index contributed by atoms with van der Waals surface area (Å²) in [7, 11) is 1.54. The van der Waals surface area contributed by atoms with E-state index >= 15 is 0 Å². The average molecular weight is 325 g/mol. The van der Waals surface area contributed by atoms with Crippen molar-refractivity contribution in [1.29, 1.82) is 0 Å². The van der Waals surface area contributed by atoms with Crippen LogP contribution in [0.3, 0.4) is 0 Å². The van der Waals surface area contributed by atoms with E-state index in [0.29, 0.717) is 11.4 Å². The molecule has 8 nitrogen and oxygen atoms in total. The summed E-state index contributed by atoms with van der Waals surface area (Å²) in [5, 5.41) is 17.5. The number of hydrogen-bond acceptors (Lipinski definition) is 8. The molecule has 0 spiro atoms. The molecule has 1 heterocycles. The van der Waals surface area contributed by atoms with Crippen LogP contribution in [0.15, 0.2) is 24.3 Å². The molecule has 1 aromatic carbocycles. The zero-order valence-corrected chi connectivity index (χ0v) is 12.7. The second-order valence-corrected chi connectivity index (χ2v) is 4.78. The van der Waals surface area contributed by atoms with E-state index in [1.165, 1.54) is 7.11 Å². The van der Waals surface area contributed by atoms with Gasteiger partial charge in [0.05, 0.1) is 20.3 Å². The Morgan fingerprint density at radius 1 is 1.00 bits per heavy atom. The lowest BCUT2D eigenvalue weighted by Gasteiger charge is -2.07. The topological polar surface area (TPSA) is 105 Å². The van der Waals surface area contributed by atoms with Crippen LogP contribution in [0.5, 0.6) is 5.75 Å². The third-order valence-corrected chi connectivity index (χ3v) is 3.33. The molecular weight excluding hydrogens is 306 g/mol. The number of esters is 2. The second-order valence-electron chi connectivity index (χ2n) is 4.78. The van der Waals surface area contributed by atoms with Crippen molar-refractivity contribution >= 4 is 17.6 Å². The molecule has 0 amide bonds. The van der Waals surface area contributed by atoms with Crippen molar-refractivity contribution < 1.29 is 34.0 Å². The van der Waals surface area contributed by atoms with Crippen LogP contribution in [0.1, 0.15) is 0 Å². The van der Waals surface area contributed by atoms with Gasteiger partial charge in [-0.1, -0.05) is 0 Å². The fraction of sp³-hybridized carbons (Fsp3) is 0.467. The maximum absolute atomic E-state index is 12.0. The molecule has 0 unspecified atom stereocenters. The van der Waals surface area contributed by atoms with Crippen LogP contribution in [0, 0.1) is 0 Å². The highest BCUT2D eigenvalue weighted by molar-refractivity contribution is 6.01. The van der Waals surface area contributed by atoms with Gasteiger partial charge in [0.25, 0.3) is 0 Å². The van der Waals surface area contributed by atoms with Crippen molar-refractivity contribution in [3.8, 4) is 5.75 Å². The third-order valence-electron chi connectivity index (χ3n) is 3.33. The number of anilines is 1. The molecule has 0 aromatic heterocycles. The Hall–Kier alpha value is -2.32. The first-order valence-corrected chi connectivity index (χ1v) is 7.11. The molecule has 1 aliphatic rings. The Morgan fingerprint density at radius 2 is 1.48 bits per heavy atom. The molecule has 8 heteroatoms. The highest BCUT2D eigenvalue weighted by Gasteiger charge is 2.59. The van der Waals surface area contributed by atoms with Gasteiger partial charge in [0.1, 0.15) is 19.0 Å². The Kier molecular flexibility index (Phi) is 5.78. The van der Waals surface area contributed by atoms with E-state index in [9.17, 15) is 9.59 Å². The van der Waals surface area contributed by atoms with Gasteiger partial charge >= 0.3 is 11.9 Å². The quantitative estimate of drug-likeness (QED) is 0.479. The smallest absolute Gasteiger partial charge is 0.331 e. The van der Waals surface area contributed by atoms with Crippen molar-refractivity contribution in [2.75, 3.05) is 38.4 Å². The molecule has 2 atom stereocenters. The van der Waals surface area contributed by atoms with Gasteiger partial charge in [0, 0.05) is 5.69 Å².